The van der Waals surface area contributed by atoms with Crippen molar-refractivity contribution in [2.75, 3.05) is 52.7 Å². The van der Waals surface area contributed by atoms with E-state index < -0.39 is 0 Å². The highest BCUT2D eigenvalue weighted by Crippen LogP contribution is 2.48. The summed E-state index contributed by atoms with van der Waals surface area (Å²) < 4.78 is 41.1. The number of hydrogen-bond acceptors (Lipinski definition) is 10. The zero-order valence-corrected chi connectivity index (χ0v) is 89.3. The first-order chi connectivity index (χ1) is 68.2. The summed E-state index contributed by atoms with van der Waals surface area (Å²) in [6.07, 6.45) is 94.4. The van der Waals surface area contributed by atoms with Crippen molar-refractivity contribution in [1.29, 1.82) is 0 Å². The molecular weight excluding hydrogens is 1700 g/mol. The summed E-state index contributed by atoms with van der Waals surface area (Å²) in [6.45, 7) is 17.8. The number of unbranched alkanes of at least 4 members (excludes halogenated alkanes) is 66. The zero-order chi connectivity index (χ0) is 97.1. The molecular formula is C126H198N2O10. The van der Waals surface area contributed by atoms with Gasteiger partial charge in [0, 0.05) is 46.1 Å². The fourth-order valence-electron chi connectivity index (χ4n) is 21.7. The van der Waals surface area contributed by atoms with Gasteiger partial charge in [-0.2, -0.15) is 0 Å². The van der Waals surface area contributed by atoms with Gasteiger partial charge in [-0.1, -0.05) is 490 Å². The van der Waals surface area contributed by atoms with Crippen LogP contribution >= 0.6 is 0 Å². The van der Waals surface area contributed by atoms with E-state index in [0.29, 0.717) is 110 Å². The molecule has 0 fully saturated rings. The summed E-state index contributed by atoms with van der Waals surface area (Å²) in [5.41, 5.74) is 4.09. The summed E-state index contributed by atoms with van der Waals surface area (Å²) in [5, 5.41) is 6.53. The smallest absolute Gasteiger partial charge is 0.261 e. The lowest BCUT2D eigenvalue weighted by atomic mass is 9.82. The molecule has 7 aromatic rings. The van der Waals surface area contributed by atoms with Crippen LogP contribution in [-0.2, 0) is 12.8 Å². The minimum atomic E-state index is -0.299. The van der Waals surface area contributed by atoms with Crippen LogP contribution in [0.2, 0.25) is 0 Å². The predicted octanol–water partition coefficient (Wildman–Crippen LogP) is 38.7. The van der Waals surface area contributed by atoms with E-state index in [1.165, 1.54) is 395 Å². The van der Waals surface area contributed by atoms with E-state index in [-0.39, 0.29) is 36.7 Å². The van der Waals surface area contributed by atoms with Gasteiger partial charge in [-0.3, -0.25) is 29.0 Å². The lowest BCUT2D eigenvalue weighted by Gasteiger charge is -2.30. The second-order valence-electron chi connectivity index (χ2n) is 42.1. The van der Waals surface area contributed by atoms with Crippen LogP contribution in [0.5, 0.6) is 34.5 Å². The summed E-state index contributed by atoms with van der Waals surface area (Å²) >= 11 is 0. The Hall–Kier alpha value is -7.08. The van der Waals surface area contributed by atoms with E-state index in [1.807, 2.05) is 48.5 Å². The van der Waals surface area contributed by atoms with Crippen molar-refractivity contribution in [1.82, 2.24) is 9.80 Å². The molecule has 0 radical (unpaired) electrons. The van der Waals surface area contributed by atoms with Gasteiger partial charge in [-0.05, 0) is 156 Å². The molecule has 0 unspecified atom stereocenters. The van der Waals surface area contributed by atoms with Crippen LogP contribution in [0, 0.1) is 0 Å². The first-order valence-electron chi connectivity index (χ1n) is 59.2. The number of rotatable bonds is 92. The van der Waals surface area contributed by atoms with Gasteiger partial charge in [0.2, 0.25) is 11.5 Å². The molecule has 12 heteroatoms. The van der Waals surface area contributed by atoms with Crippen molar-refractivity contribution in [2.24, 2.45) is 0 Å². The lowest BCUT2D eigenvalue weighted by molar-refractivity contribution is 0.0593. The number of carbonyl (C=O) groups is 4. The van der Waals surface area contributed by atoms with Crippen LogP contribution in [-0.4, -0.2) is 86.2 Å². The van der Waals surface area contributed by atoms with Crippen LogP contribution < -0.4 is 28.4 Å². The Balaban J connectivity index is 0.880. The third kappa shape index (κ3) is 41.0. The number of nitrogens with zero attached hydrogens (tertiary/aromatic N) is 2. The Morgan fingerprint density at radius 3 is 0.514 bits per heavy atom. The third-order valence-electron chi connectivity index (χ3n) is 30.2. The molecule has 0 bridgehead atoms. The first kappa shape index (κ1) is 115. The molecule has 138 heavy (non-hydrogen) atoms. The Morgan fingerprint density at radius 1 is 0.181 bits per heavy atom. The minimum Gasteiger partial charge on any atom is -0.490 e. The van der Waals surface area contributed by atoms with Crippen molar-refractivity contribution in [3.05, 3.63) is 106 Å². The zero-order valence-electron chi connectivity index (χ0n) is 89.3. The highest BCUT2D eigenvalue weighted by Gasteiger charge is 2.38. The minimum absolute atomic E-state index is 0.239. The van der Waals surface area contributed by atoms with Gasteiger partial charge in [0.05, 0.1) is 39.6 Å². The molecule has 2 heterocycles. The molecule has 7 aromatic carbocycles. The molecule has 0 aliphatic carbocycles. The van der Waals surface area contributed by atoms with Crippen LogP contribution in [0.15, 0.2) is 72.8 Å². The fourth-order valence-corrected chi connectivity index (χ4v) is 21.7. The second-order valence-corrected chi connectivity index (χ2v) is 42.1. The van der Waals surface area contributed by atoms with Gasteiger partial charge < -0.3 is 28.4 Å². The number of fused-ring (bicyclic) bond motifs is 2. The number of aryl methyl sites for hydroxylation is 2. The average molecular weight is 1900 g/mol. The number of benzene rings is 7. The Kier molecular flexibility index (Phi) is 59.9. The highest BCUT2D eigenvalue weighted by atomic mass is 16.5. The quantitative estimate of drug-likeness (QED) is 0.0157. The standard InChI is InChI=1S/C126H198N2O10/c1-7-13-19-25-31-37-43-49-55-61-67-73-93-133-113-99-103(100-114(134-94-74-68-62-56-50-44-38-32-26-20-14-8-2)121(113)137-97-77-71-65-59-53-47-41-35-29-23-17-11-5)81-79-91-127-123(129)109-87-83-105-107-85-89-111-120-112(90-86-108(118(107)120)106-84-88-110(124(127)130)119(109)117(105)106)126(132)128(125(111)131)92-80-82-104-101-115(135-95-75-69-63-57-51-45-39-33-27-21-15-9-3)122(138-98-78-72-66-60-54-48-42-36-30-24-18-12-6)116(102-104)136-96-76-70-64-58-52-46-40-34-28-22-16-10-4/h83-90,99-102H,7-82,91-98H2,1-6H3. The van der Waals surface area contributed by atoms with Crippen LogP contribution in [0.1, 0.15) is 569 Å². The van der Waals surface area contributed by atoms with Gasteiger partial charge in [0.1, 0.15) is 0 Å². The predicted molar refractivity (Wildman–Crippen MR) is 587 cm³/mol. The maximum atomic E-state index is 15.2. The Bertz CT molecular complexity index is 3930. The number of ether oxygens (including phenoxy) is 6. The van der Waals surface area contributed by atoms with Gasteiger partial charge in [-0.25, -0.2) is 0 Å². The molecule has 2 aliphatic heterocycles. The van der Waals surface area contributed by atoms with Gasteiger partial charge in [0.15, 0.2) is 23.0 Å². The van der Waals surface area contributed by atoms with Gasteiger partial charge >= 0.3 is 0 Å². The van der Waals surface area contributed by atoms with E-state index in [0.717, 1.165) is 143 Å². The van der Waals surface area contributed by atoms with Crippen molar-refractivity contribution >= 4 is 66.7 Å². The number of carbonyl (C=O) groups excluding carboxylic acids is 4. The fraction of sp³-hybridized carbons (Fsp3) is 0.714. The van der Waals surface area contributed by atoms with E-state index in [2.05, 4.69) is 65.8 Å². The number of imide groups is 2. The maximum Gasteiger partial charge on any atom is 0.261 e. The molecule has 0 saturated heterocycles. The summed E-state index contributed by atoms with van der Waals surface area (Å²) in [4.78, 5) is 63.6. The highest BCUT2D eigenvalue weighted by molar-refractivity contribution is 6.41. The number of amides is 4. The maximum absolute atomic E-state index is 15.2. The summed E-state index contributed by atoms with van der Waals surface area (Å²) in [6, 6.07) is 24.3. The molecule has 2 aliphatic rings. The molecule has 4 amide bonds. The first-order valence-corrected chi connectivity index (χ1v) is 59.2. The summed E-state index contributed by atoms with van der Waals surface area (Å²) in [7, 11) is 0. The van der Waals surface area contributed by atoms with Crippen LogP contribution in [0.4, 0.5) is 0 Å². The van der Waals surface area contributed by atoms with Gasteiger partial charge in [0.25, 0.3) is 23.6 Å². The van der Waals surface area contributed by atoms with Crippen LogP contribution in [0.3, 0.4) is 0 Å². The van der Waals surface area contributed by atoms with Crippen molar-refractivity contribution in [2.45, 2.75) is 530 Å². The Morgan fingerprint density at radius 2 is 0.341 bits per heavy atom. The topological polar surface area (TPSA) is 130 Å². The molecule has 772 valence electrons. The van der Waals surface area contributed by atoms with E-state index in [1.54, 1.807) is 0 Å². The largest absolute Gasteiger partial charge is 0.490 e. The number of hydrogen-bond donors (Lipinski definition) is 0. The average Bonchev–Trinajstić information content (AvgIpc) is 0.689. The van der Waals surface area contributed by atoms with E-state index in [9.17, 15) is 0 Å². The van der Waals surface area contributed by atoms with Crippen molar-refractivity contribution < 1.29 is 47.6 Å². The van der Waals surface area contributed by atoms with Gasteiger partial charge in [-0.15, -0.1) is 0 Å². The monoisotopic (exact) mass is 1900 g/mol. The lowest BCUT2D eigenvalue weighted by Crippen LogP contribution is -2.41. The summed E-state index contributed by atoms with van der Waals surface area (Å²) in [5.74, 6) is 3.14. The van der Waals surface area contributed by atoms with Crippen molar-refractivity contribution in [3.63, 3.8) is 0 Å². The Labute approximate surface area is 841 Å². The molecule has 0 aromatic heterocycles. The molecule has 0 saturated carbocycles. The van der Waals surface area contributed by atoms with Crippen LogP contribution in [0.25, 0.3) is 43.1 Å². The normalized spacial score (nSPS) is 12.7. The van der Waals surface area contributed by atoms with E-state index >= 15 is 19.2 Å². The van der Waals surface area contributed by atoms with E-state index in [4.69, 9.17) is 28.4 Å². The third-order valence-corrected chi connectivity index (χ3v) is 30.2. The molecule has 0 spiro atoms. The SMILES string of the molecule is CCCCCCCCCCCCCCOc1cc(CCCN2C(=O)c3ccc4c5ccc6c7c(ccc(c8ccc(c3c48)C2=O)c75)C(=O)N(CCCc2cc(OCCCCCCCCCCCCCC)c(OCCCCCCCCCCCCCC)c(OCCCCCCCCCCCCCC)c2)C6=O)cc(OCCCCCCCCCCCCCC)c1OCCCCCCCCCCCCCC. The molecule has 0 N–H and O–H groups in total. The molecule has 0 atom stereocenters. The second kappa shape index (κ2) is 72.2. The van der Waals surface area contributed by atoms with Crippen molar-refractivity contribution in [3.8, 4) is 34.5 Å². The molecule has 9 rings (SSSR count). The molecule has 12 nitrogen and oxygen atoms in total.